The molecule has 2 aliphatic heterocycles. The minimum absolute atomic E-state index is 0.224. The molecule has 0 saturated carbocycles. The summed E-state index contributed by atoms with van der Waals surface area (Å²) >= 11 is 6.00. The van der Waals surface area contributed by atoms with Gasteiger partial charge in [0.1, 0.15) is 11.9 Å². The van der Waals surface area contributed by atoms with E-state index in [2.05, 4.69) is 9.88 Å². The number of sulfonamides is 1. The highest BCUT2D eigenvalue weighted by Crippen LogP contribution is 2.29. The van der Waals surface area contributed by atoms with Crippen LogP contribution in [-0.2, 0) is 10.0 Å². The highest BCUT2D eigenvalue weighted by Gasteiger charge is 2.33. The van der Waals surface area contributed by atoms with Gasteiger partial charge < -0.3 is 9.64 Å². The Kier molecular flexibility index (Phi) is 7.39. The van der Waals surface area contributed by atoms with E-state index >= 15 is 0 Å². The van der Waals surface area contributed by atoms with Crippen LogP contribution in [-0.4, -0.2) is 60.9 Å². The molecule has 3 heterocycles. The van der Waals surface area contributed by atoms with E-state index in [0.717, 1.165) is 55.6 Å². The number of aromatic nitrogens is 1. The summed E-state index contributed by atoms with van der Waals surface area (Å²) in [5.41, 5.74) is 1.82. The first-order valence-electron chi connectivity index (χ1n) is 12.2. The molecule has 0 atom stereocenters. The van der Waals surface area contributed by atoms with Gasteiger partial charge in [0.25, 0.3) is 0 Å². The van der Waals surface area contributed by atoms with Crippen LogP contribution in [0.1, 0.15) is 25.7 Å². The molecule has 1 aromatic heterocycles. The number of halogens is 1. The molecule has 2 aliphatic rings. The van der Waals surface area contributed by atoms with Gasteiger partial charge in [-0.1, -0.05) is 35.9 Å². The monoisotopic (exact) mass is 511 g/mol. The second-order valence-corrected chi connectivity index (χ2v) is 11.6. The van der Waals surface area contributed by atoms with Crippen molar-refractivity contribution < 1.29 is 13.2 Å². The van der Waals surface area contributed by atoms with Crippen molar-refractivity contribution >= 4 is 21.6 Å². The van der Waals surface area contributed by atoms with Gasteiger partial charge in [0, 0.05) is 49.6 Å². The van der Waals surface area contributed by atoms with Crippen LogP contribution in [0.3, 0.4) is 0 Å². The van der Waals surface area contributed by atoms with Crippen LogP contribution in [0.2, 0.25) is 5.02 Å². The van der Waals surface area contributed by atoms with E-state index in [1.54, 1.807) is 28.8 Å². The first kappa shape index (κ1) is 24.3. The number of ether oxygens (including phenoxy) is 1. The van der Waals surface area contributed by atoms with E-state index in [1.165, 1.54) is 0 Å². The number of benzene rings is 2. The largest absolute Gasteiger partial charge is 0.490 e. The molecule has 0 bridgehead atoms. The van der Waals surface area contributed by atoms with Crippen molar-refractivity contribution in [3.8, 4) is 16.9 Å². The average molecular weight is 512 g/mol. The lowest BCUT2D eigenvalue weighted by molar-refractivity contribution is 0.0585. The van der Waals surface area contributed by atoms with Crippen LogP contribution in [0.4, 0.5) is 0 Å². The van der Waals surface area contributed by atoms with Crippen LogP contribution in [0.25, 0.3) is 11.1 Å². The maximum atomic E-state index is 13.4. The Morgan fingerprint density at radius 3 is 2.20 bits per heavy atom. The van der Waals surface area contributed by atoms with Gasteiger partial charge in [-0.25, -0.2) is 8.42 Å². The van der Waals surface area contributed by atoms with E-state index in [4.69, 9.17) is 16.3 Å². The van der Waals surface area contributed by atoms with Crippen LogP contribution < -0.4 is 4.74 Å². The molecule has 184 valence electrons. The molecular formula is C27H30ClN3O3S. The summed E-state index contributed by atoms with van der Waals surface area (Å²) in [6.07, 6.45) is 7.40. The Hall–Kier alpha value is -2.45. The zero-order valence-electron chi connectivity index (χ0n) is 19.6. The summed E-state index contributed by atoms with van der Waals surface area (Å²) in [5.74, 6) is 0.872. The number of likely N-dealkylation sites (tertiary alicyclic amines) is 1. The van der Waals surface area contributed by atoms with Gasteiger partial charge in [-0.3, -0.25) is 4.98 Å². The fourth-order valence-electron chi connectivity index (χ4n) is 5.04. The van der Waals surface area contributed by atoms with Crippen LogP contribution >= 0.6 is 11.6 Å². The van der Waals surface area contributed by atoms with Crippen LogP contribution in [0.15, 0.2) is 78.0 Å². The number of hydrogen-bond donors (Lipinski definition) is 0. The van der Waals surface area contributed by atoms with Gasteiger partial charge in [0.05, 0.1) is 4.90 Å². The Balaban J connectivity index is 1.17. The molecule has 3 aromatic rings. The smallest absolute Gasteiger partial charge is 0.243 e. The summed E-state index contributed by atoms with van der Waals surface area (Å²) in [5, 5.41) is 0.658. The molecule has 2 fully saturated rings. The molecule has 0 radical (unpaired) electrons. The van der Waals surface area contributed by atoms with Crippen LogP contribution in [0, 0.1) is 0 Å². The zero-order chi connectivity index (χ0) is 24.3. The number of nitrogens with zero attached hydrogens (tertiary/aromatic N) is 3. The summed E-state index contributed by atoms with van der Waals surface area (Å²) < 4.78 is 34.5. The lowest BCUT2D eigenvalue weighted by Gasteiger charge is -2.41. The second-order valence-electron chi connectivity index (χ2n) is 9.21. The number of hydrogen-bond acceptors (Lipinski definition) is 5. The van der Waals surface area contributed by atoms with Crippen LogP contribution in [0.5, 0.6) is 5.75 Å². The molecule has 0 N–H and O–H groups in total. The number of piperidine rings is 2. The minimum Gasteiger partial charge on any atom is -0.490 e. The Labute approximate surface area is 212 Å². The fraction of sp³-hybridized carbons (Fsp3) is 0.370. The van der Waals surface area contributed by atoms with Gasteiger partial charge in [-0.15, -0.1) is 0 Å². The molecule has 6 nitrogen and oxygen atoms in total. The highest BCUT2D eigenvalue weighted by molar-refractivity contribution is 7.89. The van der Waals surface area contributed by atoms with E-state index < -0.39 is 10.0 Å². The van der Waals surface area contributed by atoms with Gasteiger partial charge in [0.15, 0.2) is 0 Å². The molecule has 0 amide bonds. The normalized spacial score (nSPS) is 19.0. The molecule has 5 rings (SSSR count). The SMILES string of the molecule is O=S(=O)(c1cccc(-c2ccc(Cl)cc2)c1)N1CCC(N2CCC(Oc3ccncc3)CC2)CC1. The summed E-state index contributed by atoms with van der Waals surface area (Å²) in [4.78, 5) is 6.89. The fourth-order valence-corrected chi connectivity index (χ4v) is 6.69. The highest BCUT2D eigenvalue weighted by atomic mass is 35.5. The molecule has 0 aliphatic carbocycles. The quantitative estimate of drug-likeness (QED) is 0.461. The number of rotatable bonds is 6. The van der Waals surface area contributed by atoms with Crippen molar-refractivity contribution in [2.75, 3.05) is 26.2 Å². The van der Waals surface area contributed by atoms with Gasteiger partial charge in [-0.05, 0) is 73.2 Å². The lowest BCUT2D eigenvalue weighted by atomic mass is 10.00. The predicted octanol–water partition coefficient (Wildman–Crippen LogP) is 5.10. The molecule has 8 heteroatoms. The third-order valence-corrected chi connectivity index (χ3v) is 9.16. The number of pyridine rings is 1. The zero-order valence-corrected chi connectivity index (χ0v) is 21.2. The first-order valence-corrected chi connectivity index (χ1v) is 14.0. The summed E-state index contributed by atoms with van der Waals surface area (Å²) in [6.45, 7) is 3.06. The van der Waals surface area contributed by atoms with Gasteiger partial charge in [0.2, 0.25) is 10.0 Å². The third-order valence-electron chi connectivity index (χ3n) is 7.02. The van der Waals surface area contributed by atoms with E-state index in [1.807, 2.05) is 48.5 Å². The van der Waals surface area contributed by atoms with E-state index in [-0.39, 0.29) is 6.10 Å². The topological polar surface area (TPSA) is 62.7 Å². The standard InChI is InChI=1S/C27H30ClN3O3S/c28-23-6-4-21(5-7-23)22-2-1-3-27(20-22)35(32,33)31-18-10-24(11-19-31)30-16-12-26(13-17-30)34-25-8-14-29-15-9-25/h1-9,14-15,20,24,26H,10-13,16-19H2. The third kappa shape index (κ3) is 5.70. The maximum Gasteiger partial charge on any atom is 0.243 e. The Bertz CT molecular complexity index is 1220. The van der Waals surface area contributed by atoms with E-state index in [0.29, 0.717) is 29.0 Å². The summed E-state index contributed by atoms with van der Waals surface area (Å²) in [6, 6.07) is 18.8. The predicted molar refractivity (Wildman–Crippen MR) is 138 cm³/mol. The maximum absolute atomic E-state index is 13.4. The Morgan fingerprint density at radius 1 is 0.829 bits per heavy atom. The second kappa shape index (κ2) is 10.7. The molecule has 35 heavy (non-hydrogen) atoms. The molecular weight excluding hydrogens is 482 g/mol. The first-order chi connectivity index (χ1) is 17.0. The van der Waals surface area contributed by atoms with Crippen molar-refractivity contribution in [1.82, 2.24) is 14.2 Å². The minimum atomic E-state index is -3.53. The van der Waals surface area contributed by atoms with Gasteiger partial charge >= 0.3 is 0 Å². The Morgan fingerprint density at radius 2 is 1.51 bits per heavy atom. The lowest BCUT2D eigenvalue weighted by Crippen LogP contribution is -2.50. The molecule has 0 spiro atoms. The molecule has 0 unspecified atom stereocenters. The van der Waals surface area contributed by atoms with Crippen molar-refractivity contribution in [2.24, 2.45) is 0 Å². The summed E-state index contributed by atoms with van der Waals surface area (Å²) in [7, 11) is -3.53. The van der Waals surface area contributed by atoms with Gasteiger partial charge in [-0.2, -0.15) is 4.31 Å². The average Bonchev–Trinajstić information content (AvgIpc) is 2.90. The van der Waals surface area contributed by atoms with Crippen molar-refractivity contribution in [1.29, 1.82) is 0 Å². The van der Waals surface area contributed by atoms with Crippen molar-refractivity contribution in [3.63, 3.8) is 0 Å². The van der Waals surface area contributed by atoms with Crippen molar-refractivity contribution in [2.45, 2.75) is 42.7 Å². The molecule has 2 aromatic carbocycles. The van der Waals surface area contributed by atoms with E-state index in [9.17, 15) is 8.42 Å². The van der Waals surface area contributed by atoms with Crippen molar-refractivity contribution in [3.05, 3.63) is 78.1 Å². The molecule has 2 saturated heterocycles.